The van der Waals surface area contributed by atoms with Crippen LogP contribution in [0.1, 0.15) is 133 Å². The van der Waals surface area contributed by atoms with Crippen molar-refractivity contribution in [2.24, 2.45) is 5.73 Å². The van der Waals surface area contributed by atoms with Gasteiger partial charge >= 0.3 is 0 Å². The first kappa shape index (κ1) is 41.4. The molecule has 49 heavy (non-hydrogen) atoms. The quantitative estimate of drug-likeness (QED) is 0.0991. The van der Waals surface area contributed by atoms with Gasteiger partial charge < -0.3 is 34.2 Å². The third-order valence-electron chi connectivity index (χ3n) is 9.36. The lowest BCUT2D eigenvalue weighted by Gasteiger charge is -2.47. The summed E-state index contributed by atoms with van der Waals surface area (Å²) in [7, 11) is 0. The molecule has 0 unspecified atom stereocenters. The van der Waals surface area contributed by atoms with E-state index in [-0.39, 0.29) is 24.4 Å². The Morgan fingerprint density at radius 2 is 1.20 bits per heavy atom. The monoisotopic (exact) mass is 684 g/mol. The van der Waals surface area contributed by atoms with Crippen molar-refractivity contribution in [3.63, 3.8) is 0 Å². The van der Waals surface area contributed by atoms with Crippen molar-refractivity contribution >= 4 is 0 Å². The number of hydrogen-bond donors (Lipinski definition) is 1. The van der Waals surface area contributed by atoms with Crippen LogP contribution in [0.5, 0.6) is 5.75 Å². The lowest BCUT2D eigenvalue weighted by molar-refractivity contribution is -0.268. The molecule has 2 aromatic rings. The van der Waals surface area contributed by atoms with E-state index in [1.165, 1.54) is 22.3 Å². The second-order valence-electron chi connectivity index (χ2n) is 13.6. The predicted octanol–water partition coefficient (Wildman–Crippen LogP) is 9.08. The molecule has 2 aromatic carbocycles. The van der Waals surface area contributed by atoms with Crippen molar-refractivity contribution in [1.82, 2.24) is 0 Å². The van der Waals surface area contributed by atoms with Crippen LogP contribution < -0.4 is 10.5 Å². The average molecular weight is 684 g/mol. The number of rotatable bonds is 26. The van der Waals surface area contributed by atoms with E-state index in [1.807, 2.05) is 0 Å². The smallest absolute Gasteiger partial charge is 0.125 e. The minimum Gasteiger partial charge on any atom is -0.493 e. The molecule has 0 spiro atoms. The van der Waals surface area contributed by atoms with Crippen LogP contribution in [0.15, 0.2) is 36.4 Å². The molecule has 7 heteroatoms. The first-order chi connectivity index (χ1) is 24.0. The average Bonchev–Trinajstić information content (AvgIpc) is 3.10. The Morgan fingerprint density at radius 3 is 1.82 bits per heavy atom. The molecule has 3 rings (SSSR count). The van der Waals surface area contributed by atoms with Gasteiger partial charge in [0.2, 0.25) is 0 Å². The zero-order valence-electron chi connectivity index (χ0n) is 31.8. The SMILES string of the molecule is CCCCOC[C@H]1O[C@@H](c2cc(Cc3ccc(CCN)cc3)c(C)cc2OCCCC)[C@H](OCCCC)[C@@H](OCCCC)[C@@H]1OCCCC. The fourth-order valence-electron chi connectivity index (χ4n) is 6.23. The Labute approximate surface area is 298 Å². The third-order valence-corrected chi connectivity index (χ3v) is 9.36. The number of nitrogens with two attached hydrogens (primary N) is 1. The predicted molar refractivity (Wildman–Crippen MR) is 201 cm³/mol. The van der Waals surface area contributed by atoms with Gasteiger partial charge in [-0.25, -0.2) is 0 Å². The molecule has 1 aliphatic heterocycles. The maximum atomic E-state index is 7.16. The summed E-state index contributed by atoms with van der Waals surface area (Å²) in [6.07, 6.45) is 10.3. The van der Waals surface area contributed by atoms with Gasteiger partial charge in [-0.2, -0.15) is 0 Å². The number of benzene rings is 2. The van der Waals surface area contributed by atoms with Crippen molar-refractivity contribution in [3.8, 4) is 5.75 Å². The van der Waals surface area contributed by atoms with Crippen molar-refractivity contribution in [2.75, 3.05) is 46.2 Å². The second-order valence-corrected chi connectivity index (χ2v) is 13.6. The molecule has 0 amide bonds. The van der Waals surface area contributed by atoms with E-state index in [2.05, 4.69) is 77.9 Å². The van der Waals surface area contributed by atoms with Crippen LogP contribution in [0.3, 0.4) is 0 Å². The highest BCUT2D eigenvalue weighted by Crippen LogP contribution is 2.42. The van der Waals surface area contributed by atoms with Crippen LogP contribution in [0.4, 0.5) is 0 Å². The standard InChI is InChI=1S/C42H69NO6/c1-7-12-23-44-31-38-40(46-25-14-9-3)42(48-27-16-11-5)41(47-26-15-10-4)39(49-38)36-30-35(32(6)28-37(36)45-24-13-8-2)29-34-19-17-33(18-20-34)21-22-43/h17-20,28,30,38-42H,7-16,21-27,29,31,43H2,1-6H3/t38-,39+,40-,41+,42+/m1/s1. The molecule has 0 aromatic heterocycles. The maximum absolute atomic E-state index is 7.16. The van der Waals surface area contributed by atoms with Gasteiger partial charge in [0.05, 0.1) is 13.2 Å². The molecule has 0 bridgehead atoms. The number of ether oxygens (including phenoxy) is 6. The Bertz CT molecular complexity index is 1140. The van der Waals surface area contributed by atoms with Crippen LogP contribution in [0.25, 0.3) is 0 Å². The molecule has 0 radical (unpaired) electrons. The van der Waals surface area contributed by atoms with E-state index in [0.717, 1.165) is 88.4 Å². The highest BCUT2D eigenvalue weighted by Gasteiger charge is 2.49. The number of hydrogen-bond acceptors (Lipinski definition) is 7. The van der Waals surface area contributed by atoms with Crippen LogP contribution in [-0.2, 0) is 36.5 Å². The maximum Gasteiger partial charge on any atom is 0.125 e. The highest BCUT2D eigenvalue weighted by molar-refractivity contribution is 5.46. The molecule has 1 fully saturated rings. The van der Waals surface area contributed by atoms with E-state index in [0.29, 0.717) is 46.2 Å². The van der Waals surface area contributed by atoms with Crippen LogP contribution >= 0.6 is 0 Å². The summed E-state index contributed by atoms with van der Waals surface area (Å²) in [5.74, 6) is 0.866. The Kier molecular flexibility index (Phi) is 20.5. The Hall–Kier alpha value is -2.00. The van der Waals surface area contributed by atoms with E-state index < -0.39 is 6.10 Å². The zero-order chi connectivity index (χ0) is 35.3. The first-order valence-electron chi connectivity index (χ1n) is 19.6. The van der Waals surface area contributed by atoms with Crippen molar-refractivity contribution in [3.05, 3.63) is 64.2 Å². The highest BCUT2D eigenvalue weighted by atomic mass is 16.6. The molecule has 1 aliphatic rings. The molecule has 7 nitrogen and oxygen atoms in total. The van der Waals surface area contributed by atoms with Gasteiger partial charge in [-0.05, 0) is 92.8 Å². The van der Waals surface area contributed by atoms with Gasteiger partial charge in [0, 0.05) is 32.0 Å². The van der Waals surface area contributed by atoms with E-state index in [9.17, 15) is 0 Å². The lowest BCUT2D eigenvalue weighted by Crippen LogP contribution is -2.58. The first-order valence-corrected chi connectivity index (χ1v) is 19.6. The Morgan fingerprint density at radius 1 is 0.653 bits per heavy atom. The molecule has 5 atom stereocenters. The topological polar surface area (TPSA) is 81.4 Å². The van der Waals surface area contributed by atoms with E-state index >= 15 is 0 Å². The van der Waals surface area contributed by atoms with E-state index in [1.54, 1.807) is 0 Å². The Balaban J connectivity index is 2.11. The second kappa shape index (κ2) is 24.2. The minimum atomic E-state index is -0.405. The van der Waals surface area contributed by atoms with E-state index in [4.69, 9.17) is 34.2 Å². The van der Waals surface area contributed by atoms with Crippen molar-refractivity contribution in [2.45, 2.75) is 149 Å². The number of aryl methyl sites for hydroxylation is 1. The van der Waals surface area contributed by atoms with Gasteiger partial charge in [-0.3, -0.25) is 0 Å². The number of unbranched alkanes of at least 4 members (excludes halogenated alkanes) is 5. The normalized spacial score (nSPS) is 20.9. The van der Waals surface area contributed by atoms with Crippen LogP contribution in [0, 0.1) is 6.92 Å². The molecule has 278 valence electrons. The summed E-state index contributed by atoms with van der Waals surface area (Å²) in [6.45, 7) is 17.5. The summed E-state index contributed by atoms with van der Waals surface area (Å²) >= 11 is 0. The van der Waals surface area contributed by atoms with Gasteiger partial charge in [0.25, 0.3) is 0 Å². The summed E-state index contributed by atoms with van der Waals surface area (Å²) in [5, 5.41) is 0. The minimum absolute atomic E-state index is 0.297. The van der Waals surface area contributed by atoms with Gasteiger partial charge in [-0.1, -0.05) is 91.0 Å². The fourth-order valence-corrected chi connectivity index (χ4v) is 6.23. The molecule has 2 N–H and O–H groups in total. The van der Waals surface area contributed by atoms with Crippen molar-refractivity contribution in [1.29, 1.82) is 0 Å². The summed E-state index contributed by atoms with van der Waals surface area (Å²) in [6, 6.07) is 13.4. The molecular formula is C42H69NO6. The largest absolute Gasteiger partial charge is 0.493 e. The molecule has 0 aliphatic carbocycles. The van der Waals surface area contributed by atoms with Crippen molar-refractivity contribution < 1.29 is 28.4 Å². The van der Waals surface area contributed by atoms with Gasteiger partial charge in [0.1, 0.15) is 36.3 Å². The zero-order valence-corrected chi connectivity index (χ0v) is 31.8. The van der Waals surface area contributed by atoms with Gasteiger partial charge in [-0.15, -0.1) is 0 Å². The molecule has 1 heterocycles. The fraction of sp³-hybridized carbons (Fsp3) is 0.714. The summed E-state index contributed by atoms with van der Waals surface area (Å²) in [4.78, 5) is 0. The summed E-state index contributed by atoms with van der Waals surface area (Å²) < 4.78 is 40.3. The molecule has 1 saturated heterocycles. The third kappa shape index (κ3) is 13.6. The van der Waals surface area contributed by atoms with Gasteiger partial charge in [0.15, 0.2) is 0 Å². The molecular weight excluding hydrogens is 614 g/mol. The van der Waals surface area contributed by atoms with Crippen LogP contribution in [0.2, 0.25) is 0 Å². The molecule has 0 saturated carbocycles. The lowest BCUT2D eigenvalue weighted by atomic mass is 9.87. The van der Waals surface area contributed by atoms with Crippen LogP contribution in [-0.4, -0.2) is 70.6 Å². The summed E-state index contributed by atoms with van der Waals surface area (Å²) in [5.41, 5.74) is 11.8.